The van der Waals surface area contributed by atoms with Gasteiger partial charge in [0.25, 0.3) is 0 Å². The van der Waals surface area contributed by atoms with E-state index >= 15 is 0 Å². The molecule has 0 amide bonds. The fourth-order valence-electron chi connectivity index (χ4n) is 1.04. The monoisotopic (exact) mass is 273 g/mol. The van der Waals surface area contributed by atoms with Gasteiger partial charge in [0.2, 0.25) is 5.95 Å². The van der Waals surface area contributed by atoms with Crippen molar-refractivity contribution in [2.24, 2.45) is 0 Å². The van der Waals surface area contributed by atoms with Crippen molar-refractivity contribution in [3.63, 3.8) is 0 Å². The summed E-state index contributed by atoms with van der Waals surface area (Å²) in [4.78, 5) is 8.36. The highest BCUT2D eigenvalue weighted by atomic mass is 35.5. The van der Waals surface area contributed by atoms with Crippen molar-refractivity contribution < 1.29 is 13.2 Å². The van der Waals surface area contributed by atoms with Gasteiger partial charge in [0.1, 0.15) is 6.54 Å². The van der Waals surface area contributed by atoms with Crippen molar-refractivity contribution in [2.45, 2.75) is 6.18 Å². The van der Waals surface area contributed by atoms with Crippen LogP contribution in [0.5, 0.6) is 0 Å². The van der Waals surface area contributed by atoms with Crippen LogP contribution in [-0.2, 0) is 0 Å². The van der Waals surface area contributed by atoms with Crippen LogP contribution in [0.4, 0.5) is 19.1 Å². The first-order chi connectivity index (χ1) is 7.42. The lowest BCUT2D eigenvalue weighted by Crippen LogP contribution is -2.36. The van der Waals surface area contributed by atoms with E-state index in [0.29, 0.717) is 0 Å². The Morgan fingerprint density at radius 1 is 1.25 bits per heavy atom. The Labute approximate surface area is 100 Å². The largest absolute Gasteiger partial charge is 0.406 e. The highest BCUT2D eigenvalue weighted by Gasteiger charge is 2.31. The second kappa shape index (κ2) is 5.54. The average molecular weight is 274 g/mol. The second-order valence-electron chi connectivity index (χ2n) is 2.93. The highest BCUT2D eigenvalue weighted by molar-refractivity contribution is 6.30. The van der Waals surface area contributed by atoms with Gasteiger partial charge in [-0.2, -0.15) is 13.2 Å². The van der Waals surface area contributed by atoms with E-state index in [1.54, 1.807) is 0 Å². The third-order valence-corrected chi connectivity index (χ3v) is 1.98. The number of rotatable bonds is 4. The molecule has 8 heteroatoms. The molecular weight excluding hydrogens is 266 g/mol. The Morgan fingerprint density at radius 3 is 2.25 bits per heavy atom. The van der Waals surface area contributed by atoms with E-state index in [-0.39, 0.29) is 23.4 Å². The quantitative estimate of drug-likeness (QED) is 0.790. The van der Waals surface area contributed by atoms with Crippen molar-refractivity contribution >= 4 is 29.2 Å². The van der Waals surface area contributed by atoms with Crippen molar-refractivity contribution in [1.29, 1.82) is 0 Å². The van der Waals surface area contributed by atoms with Gasteiger partial charge in [-0.05, 0) is 0 Å². The van der Waals surface area contributed by atoms with Crippen molar-refractivity contribution in [2.75, 3.05) is 23.9 Å². The van der Waals surface area contributed by atoms with E-state index < -0.39 is 12.7 Å². The molecule has 0 saturated heterocycles. The molecule has 16 heavy (non-hydrogen) atoms. The van der Waals surface area contributed by atoms with E-state index in [9.17, 15) is 13.2 Å². The lowest BCUT2D eigenvalue weighted by Gasteiger charge is -2.22. The number of anilines is 1. The zero-order chi connectivity index (χ0) is 12.2. The average Bonchev–Trinajstić information content (AvgIpc) is 2.16. The summed E-state index contributed by atoms with van der Waals surface area (Å²) in [5.74, 6) is 0.0181. The summed E-state index contributed by atoms with van der Waals surface area (Å²) >= 11 is 11.0. The maximum atomic E-state index is 12.2. The third kappa shape index (κ3) is 4.40. The maximum Gasteiger partial charge on any atom is 0.406 e. The molecule has 0 saturated carbocycles. The summed E-state index contributed by atoms with van der Waals surface area (Å²) in [6, 6.07) is 0. The van der Waals surface area contributed by atoms with E-state index in [0.717, 1.165) is 4.90 Å². The molecule has 1 rings (SSSR count). The van der Waals surface area contributed by atoms with Crippen LogP contribution in [0.1, 0.15) is 0 Å². The van der Waals surface area contributed by atoms with Gasteiger partial charge in [0.05, 0.1) is 17.4 Å². The predicted octanol–water partition coefficient (Wildman–Crippen LogP) is 2.74. The third-order valence-electron chi connectivity index (χ3n) is 1.61. The van der Waals surface area contributed by atoms with Crippen LogP contribution in [0, 0.1) is 0 Å². The van der Waals surface area contributed by atoms with Gasteiger partial charge in [-0.1, -0.05) is 11.6 Å². The zero-order valence-corrected chi connectivity index (χ0v) is 9.52. The van der Waals surface area contributed by atoms with Crippen molar-refractivity contribution in [3.05, 3.63) is 17.4 Å². The number of halogens is 5. The summed E-state index contributed by atoms with van der Waals surface area (Å²) in [6.45, 7) is -1.12. The molecular formula is C8H8Cl2F3N3. The Kier molecular flexibility index (Phi) is 4.61. The molecule has 0 aliphatic heterocycles. The highest BCUT2D eigenvalue weighted by Crippen LogP contribution is 2.19. The molecule has 90 valence electrons. The molecule has 0 unspecified atom stereocenters. The molecule has 1 aromatic rings. The smallest absolute Gasteiger partial charge is 0.331 e. The van der Waals surface area contributed by atoms with Gasteiger partial charge in [0, 0.05) is 12.4 Å². The molecule has 1 heterocycles. The van der Waals surface area contributed by atoms with Crippen LogP contribution in [-0.4, -0.2) is 35.1 Å². The zero-order valence-electron chi connectivity index (χ0n) is 8.01. The van der Waals surface area contributed by atoms with E-state index in [1.165, 1.54) is 12.4 Å². The molecule has 3 nitrogen and oxygen atoms in total. The van der Waals surface area contributed by atoms with Gasteiger partial charge < -0.3 is 4.90 Å². The fraction of sp³-hybridized carbons (Fsp3) is 0.500. The van der Waals surface area contributed by atoms with E-state index in [2.05, 4.69) is 9.97 Å². The van der Waals surface area contributed by atoms with Crippen LogP contribution < -0.4 is 4.90 Å². The normalized spacial score (nSPS) is 11.6. The summed E-state index contributed by atoms with van der Waals surface area (Å²) in [5.41, 5.74) is 0. The Morgan fingerprint density at radius 2 is 1.81 bits per heavy atom. The van der Waals surface area contributed by atoms with Gasteiger partial charge in [-0.25, -0.2) is 9.97 Å². The topological polar surface area (TPSA) is 29.0 Å². The first-order valence-electron chi connectivity index (χ1n) is 4.27. The Hall–Kier alpha value is -0.750. The molecule has 0 N–H and O–H groups in total. The fourth-order valence-corrected chi connectivity index (χ4v) is 1.34. The van der Waals surface area contributed by atoms with E-state index in [1.807, 2.05) is 0 Å². The molecule has 0 radical (unpaired) electrons. The van der Waals surface area contributed by atoms with Crippen LogP contribution in [0.25, 0.3) is 0 Å². The van der Waals surface area contributed by atoms with Gasteiger partial charge in [-0.3, -0.25) is 0 Å². The molecule has 0 aromatic carbocycles. The van der Waals surface area contributed by atoms with Crippen LogP contribution in [0.3, 0.4) is 0 Å². The SMILES string of the molecule is FC(F)(F)CN(CCCl)c1ncc(Cl)cn1. The Bertz CT molecular complexity index is 328. The first-order valence-corrected chi connectivity index (χ1v) is 5.19. The number of alkyl halides is 4. The van der Waals surface area contributed by atoms with Crippen LogP contribution in [0.15, 0.2) is 12.4 Å². The van der Waals surface area contributed by atoms with E-state index in [4.69, 9.17) is 23.2 Å². The minimum Gasteiger partial charge on any atom is -0.331 e. The number of hydrogen-bond donors (Lipinski definition) is 0. The molecule has 0 aliphatic carbocycles. The first kappa shape index (κ1) is 13.3. The number of hydrogen-bond acceptors (Lipinski definition) is 3. The molecule has 0 fully saturated rings. The summed E-state index contributed by atoms with van der Waals surface area (Å²) in [5, 5.41) is 0.265. The molecule has 0 aliphatic rings. The summed E-state index contributed by atoms with van der Waals surface area (Å²) < 4.78 is 36.7. The Balaban J connectivity index is 2.80. The lowest BCUT2D eigenvalue weighted by atomic mass is 10.5. The van der Waals surface area contributed by atoms with Gasteiger partial charge in [-0.15, -0.1) is 11.6 Å². The van der Waals surface area contributed by atoms with Crippen molar-refractivity contribution in [3.8, 4) is 0 Å². The minimum absolute atomic E-state index is 0.0166. The summed E-state index contributed by atoms with van der Waals surface area (Å²) in [7, 11) is 0. The van der Waals surface area contributed by atoms with Crippen molar-refractivity contribution in [1.82, 2.24) is 9.97 Å². The second-order valence-corrected chi connectivity index (χ2v) is 3.74. The molecule has 0 spiro atoms. The van der Waals surface area contributed by atoms with Crippen LogP contribution in [0.2, 0.25) is 5.02 Å². The van der Waals surface area contributed by atoms with Gasteiger partial charge in [0.15, 0.2) is 0 Å². The number of nitrogens with zero attached hydrogens (tertiary/aromatic N) is 3. The number of aromatic nitrogens is 2. The lowest BCUT2D eigenvalue weighted by molar-refractivity contribution is -0.119. The molecule has 0 atom stereocenters. The van der Waals surface area contributed by atoms with Crippen LogP contribution >= 0.6 is 23.2 Å². The predicted molar refractivity (Wildman–Crippen MR) is 56.0 cm³/mol. The maximum absolute atomic E-state index is 12.2. The molecule has 1 aromatic heterocycles. The standard InChI is InChI=1S/C8H8Cl2F3N3/c9-1-2-16(5-8(11,12)13)7-14-3-6(10)4-15-7/h3-4H,1-2,5H2. The summed E-state index contributed by atoms with van der Waals surface area (Å²) in [6.07, 6.45) is -1.85. The van der Waals surface area contributed by atoms with Gasteiger partial charge >= 0.3 is 6.18 Å². The molecule has 0 bridgehead atoms. The minimum atomic E-state index is -4.32.